The highest BCUT2D eigenvalue weighted by Crippen LogP contribution is 2.34. The third kappa shape index (κ3) is 6.17. The van der Waals surface area contributed by atoms with Gasteiger partial charge in [0, 0.05) is 47.7 Å². The summed E-state index contributed by atoms with van der Waals surface area (Å²) in [7, 11) is 0. The molecule has 176 valence electrons. The second-order valence-corrected chi connectivity index (χ2v) is 9.07. The van der Waals surface area contributed by atoms with Crippen LogP contribution in [0.15, 0.2) is 41.8 Å². The molecule has 2 aromatic carbocycles. The fourth-order valence-electron chi connectivity index (χ4n) is 4.09. The maximum Gasteiger partial charge on any atom is 0.319 e. The summed E-state index contributed by atoms with van der Waals surface area (Å²) in [6, 6.07) is 7.51. The summed E-state index contributed by atoms with van der Waals surface area (Å²) in [6.07, 6.45) is 2.80. The van der Waals surface area contributed by atoms with Gasteiger partial charge in [0.1, 0.15) is 17.5 Å². The largest absolute Gasteiger partial charge is 0.369 e. The average molecular weight is 477 g/mol. The summed E-state index contributed by atoms with van der Waals surface area (Å²) >= 11 is 1.58. The second kappa shape index (κ2) is 10.9. The first-order valence-corrected chi connectivity index (χ1v) is 12.0. The molecule has 0 unspecified atom stereocenters. The van der Waals surface area contributed by atoms with E-state index in [-0.39, 0.29) is 11.5 Å². The van der Waals surface area contributed by atoms with Gasteiger partial charge in [0.2, 0.25) is 0 Å². The lowest BCUT2D eigenvalue weighted by Gasteiger charge is -2.23. The fourth-order valence-corrected chi connectivity index (χ4v) is 5.08. The maximum absolute atomic E-state index is 13.6. The van der Waals surface area contributed by atoms with E-state index < -0.39 is 17.7 Å². The van der Waals surface area contributed by atoms with Crippen molar-refractivity contribution in [3.8, 4) is 0 Å². The van der Waals surface area contributed by atoms with Crippen LogP contribution in [0.2, 0.25) is 0 Å². The lowest BCUT2D eigenvalue weighted by molar-refractivity contribution is 0.251. The minimum Gasteiger partial charge on any atom is -0.369 e. The molecule has 1 saturated heterocycles. The lowest BCUT2D eigenvalue weighted by Crippen LogP contribution is -2.32. The van der Waals surface area contributed by atoms with Crippen LogP contribution in [0.1, 0.15) is 19.3 Å². The van der Waals surface area contributed by atoms with Crippen LogP contribution in [0.5, 0.6) is 0 Å². The number of nitrogens with zero attached hydrogens (tertiary/aromatic N) is 2. The van der Waals surface area contributed by atoms with E-state index in [4.69, 9.17) is 0 Å². The third-order valence-electron chi connectivity index (χ3n) is 5.81. The van der Waals surface area contributed by atoms with Crippen molar-refractivity contribution >= 4 is 38.8 Å². The van der Waals surface area contributed by atoms with Gasteiger partial charge >= 0.3 is 6.03 Å². The number of fused-ring (bicyclic) bond motifs is 1. The maximum atomic E-state index is 13.6. The van der Waals surface area contributed by atoms with Gasteiger partial charge in [-0.1, -0.05) is 0 Å². The van der Waals surface area contributed by atoms with E-state index >= 15 is 0 Å². The predicted molar refractivity (Wildman–Crippen MR) is 128 cm³/mol. The zero-order valence-corrected chi connectivity index (χ0v) is 19.1. The molecule has 2 amide bonds. The molecule has 1 fully saturated rings. The molecule has 1 aromatic heterocycles. The van der Waals surface area contributed by atoms with E-state index in [1.54, 1.807) is 17.4 Å². The quantitative estimate of drug-likeness (QED) is 0.447. The number of rotatable bonds is 7. The predicted octanol–water partition coefficient (Wildman–Crippen LogP) is 5.43. The molecule has 1 aliphatic rings. The number of anilines is 2. The summed E-state index contributed by atoms with van der Waals surface area (Å²) < 4.78 is 41.0. The molecule has 0 saturated carbocycles. The Morgan fingerprint density at radius 1 is 0.970 bits per heavy atom. The zero-order chi connectivity index (χ0) is 23.2. The fraction of sp³-hybridized carbons (Fsp3) is 0.375. The van der Waals surface area contributed by atoms with Crippen LogP contribution in [0.3, 0.4) is 0 Å². The number of thiophene rings is 1. The van der Waals surface area contributed by atoms with Crippen molar-refractivity contribution < 1.29 is 18.0 Å². The molecule has 0 radical (unpaired) electrons. The Labute approximate surface area is 195 Å². The van der Waals surface area contributed by atoms with E-state index in [0.29, 0.717) is 6.54 Å². The van der Waals surface area contributed by atoms with Crippen LogP contribution < -0.4 is 15.5 Å². The highest BCUT2D eigenvalue weighted by atomic mass is 32.1. The Kier molecular flexibility index (Phi) is 7.72. The van der Waals surface area contributed by atoms with Crippen LogP contribution in [-0.2, 0) is 0 Å². The molecule has 0 atom stereocenters. The van der Waals surface area contributed by atoms with Gasteiger partial charge in [0.05, 0.1) is 11.4 Å². The molecule has 0 aliphatic carbocycles. The molecule has 2 N–H and O–H groups in total. The van der Waals surface area contributed by atoms with Crippen molar-refractivity contribution in [1.82, 2.24) is 10.2 Å². The summed E-state index contributed by atoms with van der Waals surface area (Å²) in [5.41, 5.74) is 1.14. The van der Waals surface area contributed by atoms with Gasteiger partial charge in [-0.15, -0.1) is 11.3 Å². The molecule has 0 bridgehead atoms. The van der Waals surface area contributed by atoms with Crippen molar-refractivity contribution in [2.45, 2.75) is 19.3 Å². The van der Waals surface area contributed by atoms with E-state index in [2.05, 4.69) is 25.8 Å². The van der Waals surface area contributed by atoms with Gasteiger partial charge in [-0.05, 0) is 62.7 Å². The normalized spacial score (nSPS) is 14.9. The molecule has 1 aliphatic heterocycles. The number of halogens is 3. The van der Waals surface area contributed by atoms with Crippen molar-refractivity contribution in [3.63, 3.8) is 0 Å². The van der Waals surface area contributed by atoms with Gasteiger partial charge in [-0.3, -0.25) is 0 Å². The van der Waals surface area contributed by atoms with Crippen molar-refractivity contribution in [3.05, 3.63) is 59.2 Å². The SMILES string of the molecule is O=C(NCCCCN1CCCN(c2csc3cc(F)ccc23)CC1)Nc1ccc(F)cc1F. The van der Waals surface area contributed by atoms with E-state index in [1.807, 2.05) is 6.07 Å². The van der Waals surface area contributed by atoms with Crippen molar-refractivity contribution in [2.75, 3.05) is 49.5 Å². The van der Waals surface area contributed by atoms with Crippen molar-refractivity contribution in [2.24, 2.45) is 0 Å². The van der Waals surface area contributed by atoms with Crippen molar-refractivity contribution in [1.29, 1.82) is 0 Å². The zero-order valence-electron chi connectivity index (χ0n) is 18.3. The Morgan fingerprint density at radius 2 is 1.79 bits per heavy atom. The summed E-state index contributed by atoms with van der Waals surface area (Å²) in [5, 5.41) is 8.33. The monoisotopic (exact) mass is 476 g/mol. The van der Waals surface area contributed by atoms with Crippen LogP contribution in [0, 0.1) is 17.5 Å². The van der Waals surface area contributed by atoms with Gasteiger partial charge in [-0.25, -0.2) is 18.0 Å². The van der Waals surface area contributed by atoms with Crippen LogP contribution in [-0.4, -0.2) is 50.2 Å². The van der Waals surface area contributed by atoms with Crippen LogP contribution in [0.25, 0.3) is 10.1 Å². The standard InChI is InChI=1S/C24H27F3N4OS/c25-17-5-7-21(20(27)14-17)29-24(32)28-8-1-2-9-30-10-3-11-31(13-12-30)22-16-33-23-15-18(26)4-6-19(22)23/h4-7,14-16H,1-3,8-13H2,(H2,28,29,32). The first-order valence-electron chi connectivity index (χ1n) is 11.1. The number of nitrogens with one attached hydrogen (secondary N) is 2. The number of amides is 2. The molecule has 3 aromatic rings. The molecule has 4 rings (SSSR count). The number of hydrogen-bond acceptors (Lipinski definition) is 4. The number of carbonyl (C=O) groups is 1. The lowest BCUT2D eigenvalue weighted by atomic mass is 10.2. The molecular formula is C24H27F3N4OS. The summed E-state index contributed by atoms with van der Waals surface area (Å²) in [4.78, 5) is 16.7. The summed E-state index contributed by atoms with van der Waals surface area (Å²) in [6.45, 7) is 5.29. The molecule has 33 heavy (non-hydrogen) atoms. The number of carbonyl (C=O) groups excluding carboxylic acids is 1. The van der Waals surface area contributed by atoms with E-state index in [9.17, 15) is 18.0 Å². The Balaban J connectivity index is 1.17. The Bertz CT molecular complexity index is 1110. The van der Waals surface area contributed by atoms with Crippen LogP contribution in [0.4, 0.5) is 29.3 Å². The van der Waals surface area contributed by atoms with E-state index in [0.717, 1.165) is 74.2 Å². The van der Waals surface area contributed by atoms with Gasteiger partial charge in [0.25, 0.3) is 0 Å². The Hall–Kier alpha value is -2.78. The molecule has 0 spiro atoms. The molecule has 9 heteroatoms. The average Bonchev–Trinajstić information content (AvgIpc) is 3.05. The van der Waals surface area contributed by atoms with Gasteiger partial charge < -0.3 is 20.4 Å². The minimum absolute atomic E-state index is 0.0495. The molecule has 2 heterocycles. The summed E-state index contributed by atoms with van der Waals surface area (Å²) in [5.74, 6) is -1.69. The first kappa shape index (κ1) is 23.4. The number of benzene rings is 2. The highest BCUT2D eigenvalue weighted by Gasteiger charge is 2.18. The van der Waals surface area contributed by atoms with Crippen LogP contribution >= 0.6 is 11.3 Å². The number of urea groups is 1. The highest BCUT2D eigenvalue weighted by molar-refractivity contribution is 7.17. The second-order valence-electron chi connectivity index (χ2n) is 8.16. The topological polar surface area (TPSA) is 47.6 Å². The third-order valence-corrected chi connectivity index (χ3v) is 6.75. The number of hydrogen-bond donors (Lipinski definition) is 2. The first-order chi connectivity index (χ1) is 16.0. The van der Waals surface area contributed by atoms with Gasteiger partial charge in [0.15, 0.2) is 0 Å². The Morgan fingerprint density at radius 3 is 2.64 bits per heavy atom. The smallest absolute Gasteiger partial charge is 0.319 e. The molecule has 5 nitrogen and oxygen atoms in total. The molecular weight excluding hydrogens is 449 g/mol. The van der Waals surface area contributed by atoms with Gasteiger partial charge in [-0.2, -0.15) is 0 Å². The minimum atomic E-state index is -0.803. The number of unbranched alkanes of at least 4 members (excludes halogenated alkanes) is 1. The van der Waals surface area contributed by atoms with E-state index in [1.165, 1.54) is 17.8 Å².